The molecule has 0 unspecified atom stereocenters. The first-order valence-electron chi connectivity index (χ1n) is 10.6. The van der Waals surface area contributed by atoms with Crippen LogP contribution < -0.4 is 15.4 Å². The van der Waals surface area contributed by atoms with Crippen molar-refractivity contribution in [1.29, 1.82) is 0 Å². The topological polar surface area (TPSA) is 75.2 Å². The van der Waals surface area contributed by atoms with Gasteiger partial charge < -0.3 is 25.0 Å². The number of methoxy groups -OCH3 is 1. The molecule has 0 aliphatic rings. The van der Waals surface area contributed by atoms with Crippen LogP contribution in [0.5, 0.6) is 5.75 Å². The van der Waals surface area contributed by atoms with E-state index in [-0.39, 0.29) is 29.9 Å². The summed E-state index contributed by atoms with van der Waals surface area (Å²) in [6.07, 6.45) is 1.59. The molecule has 0 bridgehead atoms. The molecule has 7 nitrogen and oxygen atoms in total. The third kappa shape index (κ3) is 9.86. The second-order valence-electron chi connectivity index (χ2n) is 7.26. The molecule has 0 aromatic heterocycles. The smallest absolute Gasteiger partial charge is 0.253 e. The Morgan fingerprint density at radius 1 is 1.09 bits per heavy atom. The number of anilines is 1. The number of carbonyl (C=O) groups excluding carboxylic acids is 1. The van der Waals surface area contributed by atoms with Gasteiger partial charge in [0, 0.05) is 64.6 Å². The predicted molar refractivity (Wildman–Crippen MR) is 142 cm³/mol. The zero-order valence-corrected chi connectivity index (χ0v) is 21.7. The molecule has 0 spiro atoms. The SMILES string of the molecule is CCNC(=NCCc1cccc(C(=O)N(C)C)c1)Nc1cccc(OCCCOC)c1.I. The summed E-state index contributed by atoms with van der Waals surface area (Å²) in [7, 11) is 5.20. The van der Waals surface area contributed by atoms with Gasteiger partial charge in [-0.2, -0.15) is 0 Å². The van der Waals surface area contributed by atoms with Crippen LogP contribution in [0.3, 0.4) is 0 Å². The van der Waals surface area contributed by atoms with Gasteiger partial charge in [0.05, 0.1) is 6.61 Å². The molecule has 2 aromatic rings. The van der Waals surface area contributed by atoms with E-state index in [0.29, 0.717) is 31.3 Å². The Bertz CT molecular complexity index is 859. The van der Waals surface area contributed by atoms with Crippen molar-refractivity contribution in [3.05, 3.63) is 59.7 Å². The Balaban J connectivity index is 0.00000512. The van der Waals surface area contributed by atoms with Crippen LogP contribution >= 0.6 is 24.0 Å². The Morgan fingerprint density at radius 2 is 1.88 bits per heavy atom. The van der Waals surface area contributed by atoms with Gasteiger partial charge in [0.1, 0.15) is 5.75 Å². The molecule has 0 saturated carbocycles. The van der Waals surface area contributed by atoms with Gasteiger partial charge in [0.2, 0.25) is 0 Å². The minimum Gasteiger partial charge on any atom is -0.493 e. The minimum absolute atomic E-state index is 0. The summed E-state index contributed by atoms with van der Waals surface area (Å²) in [5.41, 5.74) is 2.68. The summed E-state index contributed by atoms with van der Waals surface area (Å²) >= 11 is 0. The number of guanidine groups is 1. The van der Waals surface area contributed by atoms with Gasteiger partial charge in [-0.3, -0.25) is 9.79 Å². The van der Waals surface area contributed by atoms with Crippen LogP contribution in [0.25, 0.3) is 0 Å². The molecule has 8 heteroatoms. The van der Waals surface area contributed by atoms with Crippen molar-refractivity contribution in [1.82, 2.24) is 10.2 Å². The van der Waals surface area contributed by atoms with Gasteiger partial charge in [0.15, 0.2) is 5.96 Å². The van der Waals surface area contributed by atoms with Crippen molar-refractivity contribution in [2.24, 2.45) is 4.99 Å². The third-order valence-corrected chi connectivity index (χ3v) is 4.45. The van der Waals surface area contributed by atoms with Crippen molar-refractivity contribution < 1.29 is 14.3 Å². The van der Waals surface area contributed by atoms with E-state index in [9.17, 15) is 4.79 Å². The summed E-state index contributed by atoms with van der Waals surface area (Å²) in [4.78, 5) is 18.4. The number of aliphatic imine (C=N–C) groups is 1. The lowest BCUT2D eigenvalue weighted by Gasteiger charge is -2.13. The number of nitrogens with zero attached hydrogens (tertiary/aromatic N) is 2. The van der Waals surface area contributed by atoms with Crippen molar-refractivity contribution in [2.75, 3.05) is 52.8 Å². The quantitative estimate of drug-likeness (QED) is 0.190. The molecule has 0 heterocycles. The van der Waals surface area contributed by atoms with Crippen LogP contribution in [0.2, 0.25) is 0 Å². The Morgan fingerprint density at radius 3 is 2.59 bits per heavy atom. The first kappa shape index (κ1) is 27.7. The highest BCUT2D eigenvalue weighted by atomic mass is 127. The number of ether oxygens (including phenoxy) is 2. The molecule has 2 rings (SSSR count). The van der Waals surface area contributed by atoms with E-state index in [2.05, 4.69) is 15.6 Å². The fourth-order valence-electron chi connectivity index (χ4n) is 2.92. The Kier molecular flexibility index (Phi) is 13.4. The molecule has 0 aliphatic carbocycles. The maximum Gasteiger partial charge on any atom is 0.253 e. The molecule has 32 heavy (non-hydrogen) atoms. The molecule has 0 atom stereocenters. The number of carbonyl (C=O) groups is 1. The normalized spacial score (nSPS) is 10.8. The number of nitrogens with one attached hydrogen (secondary N) is 2. The lowest BCUT2D eigenvalue weighted by molar-refractivity contribution is 0.0827. The number of hydrogen-bond acceptors (Lipinski definition) is 4. The van der Waals surface area contributed by atoms with E-state index in [1.807, 2.05) is 55.5 Å². The zero-order valence-electron chi connectivity index (χ0n) is 19.4. The van der Waals surface area contributed by atoms with E-state index in [1.165, 1.54) is 0 Å². The molecule has 0 aliphatic heterocycles. The second kappa shape index (κ2) is 15.5. The lowest BCUT2D eigenvalue weighted by Crippen LogP contribution is -2.30. The fourth-order valence-corrected chi connectivity index (χ4v) is 2.92. The summed E-state index contributed by atoms with van der Waals surface area (Å²) in [5.74, 6) is 1.52. The molecule has 2 aromatic carbocycles. The zero-order chi connectivity index (χ0) is 22.5. The van der Waals surface area contributed by atoms with E-state index in [1.54, 1.807) is 26.1 Å². The van der Waals surface area contributed by atoms with Gasteiger partial charge in [-0.05, 0) is 43.2 Å². The largest absolute Gasteiger partial charge is 0.493 e. The summed E-state index contributed by atoms with van der Waals surface area (Å²) in [6.45, 7) is 4.68. The number of halogens is 1. The highest BCUT2D eigenvalue weighted by Gasteiger charge is 2.08. The molecule has 176 valence electrons. The molecule has 0 fully saturated rings. The number of rotatable bonds is 11. The molecular weight excluding hydrogens is 519 g/mol. The molecule has 0 saturated heterocycles. The number of amides is 1. The van der Waals surface area contributed by atoms with Crippen LogP contribution in [0.15, 0.2) is 53.5 Å². The maximum atomic E-state index is 12.2. The van der Waals surface area contributed by atoms with Gasteiger partial charge in [-0.25, -0.2) is 0 Å². The van der Waals surface area contributed by atoms with Crippen LogP contribution in [0.1, 0.15) is 29.3 Å². The number of hydrogen-bond donors (Lipinski definition) is 2. The Labute approximate surface area is 208 Å². The van der Waals surface area contributed by atoms with Gasteiger partial charge in [0.25, 0.3) is 5.91 Å². The molecular formula is C24H35IN4O3. The standard InChI is InChI=1S/C24H34N4O3.HI/c1-5-25-24(27-21-11-7-12-22(18-21)31-16-8-15-30-4)26-14-13-19-9-6-10-20(17-19)23(29)28(2)3;/h6-7,9-12,17-18H,5,8,13-16H2,1-4H3,(H2,25,26,27);1H. The van der Waals surface area contributed by atoms with Gasteiger partial charge in [-0.15, -0.1) is 24.0 Å². The van der Waals surface area contributed by atoms with Gasteiger partial charge >= 0.3 is 0 Å². The first-order chi connectivity index (χ1) is 15.0. The fraction of sp³-hybridized carbons (Fsp3) is 0.417. The number of benzene rings is 2. The van der Waals surface area contributed by atoms with Crippen molar-refractivity contribution in [3.8, 4) is 5.75 Å². The van der Waals surface area contributed by atoms with Gasteiger partial charge in [-0.1, -0.05) is 18.2 Å². The maximum absolute atomic E-state index is 12.2. The average Bonchev–Trinajstić information content (AvgIpc) is 2.77. The summed E-state index contributed by atoms with van der Waals surface area (Å²) in [5, 5.41) is 6.59. The predicted octanol–water partition coefficient (Wildman–Crippen LogP) is 4.04. The third-order valence-electron chi connectivity index (χ3n) is 4.45. The van der Waals surface area contributed by atoms with Crippen molar-refractivity contribution in [2.45, 2.75) is 19.8 Å². The van der Waals surface area contributed by atoms with Crippen molar-refractivity contribution >= 4 is 41.5 Å². The lowest BCUT2D eigenvalue weighted by atomic mass is 10.1. The van der Waals surface area contributed by atoms with Crippen LogP contribution in [-0.4, -0.2) is 64.3 Å². The van der Waals surface area contributed by atoms with E-state index >= 15 is 0 Å². The summed E-state index contributed by atoms with van der Waals surface area (Å²) < 4.78 is 10.8. The van der Waals surface area contributed by atoms with Crippen LogP contribution in [0, 0.1) is 0 Å². The first-order valence-corrected chi connectivity index (χ1v) is 10.6. The van der Waals surface area contributed by atoms with Crippen LogP contribution in [-0.2, 0) is 11.2 Å². The van der Waals surface area contributed by atoms with E-state index < -0.39 is 0 Å². The molecule has 2 N–H and O–H groups in total. The average molecular weight is 554 g/mol. The highest BCUT2D eigenvalue weighted by molar-refractivity contribution is 14.0. The highest BCUT2D eigenvalue weighted by Crippen LogP contribution is 2.17. The molecule has 0 radical (unpaired) electrons. The summed E-state index contributed by atoms with van der Waals surface area (Å²) in [6, 6.07) is 15.5. The van der Waals surface area contributed by atoms with E-state index in [0.717, 1.165) is 36.4 Å². The van der Waals surface area contributed by atoms with Crippen molar-refractivity contribution in [3.63, 3.8) is 0 Å². The minimum atomic E-state index is 0. The van der Waals surface area contributed by atoms with E-state index in [4.69, 9.17) is 9.47 Å². The van der Waals surface area contributed by atoms with Crippen LogP contribution in [0.4, 0.5) is 5.69 Å². The second-order valence-corrected chi connectivity index (χ2v) is 7.26. The Hall–Kier alpha value is -2.33. The monoisotopic (exact) mass is 554 g/mol. The molecule has 1 amide bonds.